The van der Waals surface area contributed by atoms with Gasteiger partial charge in [-0.2, -0.15) is 0 Å². The summed E-state index contributed by atoms with van der Waals surface area (Å²) in [4.78, 5) is 11.5. The molecule has 0 aromatic heterocycles. The first-order valence-electron chi connectivity index (χ1n) is 11.9. The second-order valence-electron chi connectivity index (χ2n) is 9.53. The van der Waals surface area contributed by atoms with Gasteiger partial charge in [-0.25, -0.2) is 0 Å². The van der Waals surface area contributed by atoms with E-state index >= 15 is 0 Å². The summed E-state index contributed by atoms with van der Waals surface area (Å²) < 4.78 is 10.7. The molecule has 0 heterocycles. The molecule has 2 N–H and O–H groups in total. The number of esters is 1. The van der Waals surface area contributed by atoms with Gasteiger partial charge >= 0.3 is 5.97 Å². The summed E-state index contributed by atoms with van der Waals surface area (Å²) in [5, 5.41) is 16.5. The Morgan fingerprint density at radius 1 is 1.03 bits per heavy atom. The minimum atomic E-state index is -0.624. The van der Waals surface area contributed by atoms with Crippen molar-refractivity contribution in [3.8, 4) is 0 Å². The van der Waals surface area contributed by atoms with E-state index in [0.717, 1.165) is 17.5 Å². The molecule has 3 aromatic carbocycles. The highest BCUT2D eigenvalue weighted by atomic mass is 16.5. The van der Waals surface area contributed by atoms with Crippen molar-refractivity contribution >= 4 is 16.7 Å². The van der Waals surface area contributed by atoms with Crippen LogP contribution in [0.15, 0.2) is 66.7 Å². The standard InChI is InChI=1S/C29H37NO4/c1-21(27-12-8-7-10-24(27)15-16-28(32)33-4)34-20-26(31)19-30-29(2,3)18-22-13-14-23-9-5-6-11-25(23)17-22/h5-14,17,21,26,30-31H,15-16,18-20H2,1-4H3. The van der Waals surface area contributed by atoms with Gasteiger partial charge in [-0.1, -0.05) is 66.7 Å². The number of hydrogen-bond donors (Lipinski definition) is 2. The van der Waals surface area contributed by atoms with Gasteiger partial charge in [0.05, 0.1) is 25.9 Å². The van der Waals surface area contributed by atoms with Crippen molar-refractivity contribution in [1.29, 1.82) is 0 Å². The highest BCUT2D eigenvalue weighted by molar-refractivity contribution is 5.83. The molecule has 2 atom stereocenters. The topological polar surface area (TPSA) is 67.8 Å². The lowest BCUT2D eigenvalue weighted by Gasteiger charge is -2.28. The molecule has 0 fully saturated rings. The van der Waals surface area contributed by atoms with Crippen molar-refractivity contribution in [2.24, 2.45) is 0 Å². The quantitative estimate of drug-likeness (QED) is 0.370. The largest absolute Gasteiger partial charge is 0.469 e. The third kappa shape index (κ3) is 7.66. The van der Waals surface area contributed by atoms with Crippen LogP contribution in [0.5, 0.6) is 0 Å². The predicted octanol–water partition coefficient (Wildman–Crippen LogP) is 4.99. The van der Waals surface area contributed by atoms with Crippen LogP contribution in [-0.4, -0.2) is 43.0 Å². The number of carbonyl (C=O) groups excluding carboxylic acids is 1. The second kappa shape index (κ2) is 12.1. The first kappa shape index (κ1) is 25.9. The Labute approximate surface area is 203 Å². The van der Waals surface area contributed by atoms with Crippen molar-refractivity contribution < 1.29 is 19.4 Å². The average Bonchev–Trinajstić information content (AvgIpc) is 2.84. The second-order valence-corrected chi connectivity index (χ2v) is 9.53. The van der Waals surface area contributed by atoms with Crippen LogP contribution in [0.2, 0.25) is 0 Å². The normalized spacial score (nSPS) is 13.6. The molecule has 0 aliphatic rings. The van der Waals surface area contributed by atoms with Crippen molar-refractivity contribution in [2.45, 2.75) is 57.8 Å². The predicted molar refractivity (Wildman–Crippen MR) is 137 cm³/mol. The number of aliphatic hydroxyl groups excluding tert-OH is 1. The van der Waals surface area contributed by atoms with Crippen molar-refractivity contribution in [3.63, 3.8) is 0 Å². The lowest BCUT2D eigenvalue weighted by atomic mass is 9.93. The van der Waals surface area contributed by atoms with Gasteiger partial charge in [0, 0.05) is 18.5 Å². The number of methoxy groups -OCH3 is 1. The minimum Gasteiger partial charge on any atom is -0.469 e. The summed E-state index contributed by atoms with van der Waals surface area (Å²) >= 11 is 0. The van der Waals surface area contributed by atoms with Crippen LogP contribution in [0.4, 0.5) is 0 Å². The van der Waals surface area contributed by atoms with Gasteiger partial charge in [0.1, 0.15) is 0 Å². The van der Waals surface area contributed by atoms with E-state index < -0.39 is 6.10 Å². The number of hydrogen-bond acceptors (Lipinski definition) is 5. The van der Waals surface area contributed by atoms with Crippen LogP contribution in [0.1, 0.15) is 50.0 Å². The number of nitrogens with one attached hydrogen (secondary N) is 1. The number of aryl methyl sites for hydroxylation is 1. The molecule has 0 aliphatic heterocycles. The molecule has 5 nitrogen and oxygen atoms in total. The van der Waals surface area contributed by atoms with Gasteiger partial charge in [0.25, 0.3) is 0 Å². The molecule has 34 heavy (non-hydrogen) atoms. The lowest BCUT2D eigenvalue weighted by Crippen LogP contribution is -2.46. The van der Waals surface area contributed by atoms with Crippen LogP contribution in [-0.2, 0) is 27.1 Å². The third-order valence-electron chi connectivity index (χ3n) is 6.13. The van der Waals surface area contributed by atoms with E-state index in [1.807, 2.05) is 31.2 Å². The van der Waals surface area contributed by atoms with E-state index in [1.54, 1.807) is 0 Å². The molecule has 2 unspecified atom stereocenters. The fourth-order valence-electron chi connectivity index (χ4n) is 4.22. The van der Waals surface area contributed by atoms with Gasteiger partial charge in [0.2, 0.25) is 0 Å². The highest BCUT2D eigenvalue weighted by Gasteiger charge is 2.20. The van der Waals surface area contributed by atoms with Crippen molar-refractivity contribution in [2.75, 3.05) is 20.3 Å². The van der Waals surface area contributed by atoms with Crippen molar-refractivity contribution in [3.05, 3.63) is 83.4 Å². The molecule has 0 bridgehead atoms. The Hall–Kier alpha value is -2.73. The first-order valence-corrected chi connectivity index (χ1v) is 11.9. The molecular formula is C29H37NO4. The highest BCUT2D eigenvalue weighted by Crippen LogP contribution is 2.23. The van der Waals surface area contributed by atoms with E-state index in [4.69, 9.17) is 9.47 Å². The van der Waals surface area contributed by atoms with Crippen LogP contribution in [0.3, 0.4) is 0 Å². The van der Waals surface area contributed by atoms with E-state index in [0.29, 0.717) is 19.4 Å². The third-order valence-corrected chi connectivity index (χ3v) is 6.13. The number of aliphatic hydroxyl groups is 1. The molecule has 5 heteroatoms. The summed E-state index contributed by atoms with van der Waals surface area (Å²) in [6.45, 7) is 6.94. The molecule has 0 aliphatic carbocycles. The Morgan fingerprint density at radius 2 is 1.74 bits per heavy atom. The zero-order valence-corrected chi connectivity index (χ0v) is 20.7. The summed E-state index contributed by atoms with van der Waals surface area (Å²) in [5.74, 6) is -0.226. The molecule has 0 amide bonds. The van der Waals surface area contributed by atoms with Crippen LogP contribution in [0, 0.1) is 0 Å². The minimum absolute atomic E-state index is 0.171. The fraction of sp³-hybridized carbons (Fsp3) is 0.414. The lowest BCUT2D eigenvalue weighted by molar-refractivity contribution is -0.140. The van der Waals surface area contributed by atoms with Gasteiger partial charge in [-0.3, -0.25) is 4.79 Å². The SMILES string of the molecule is COC(=O)CCc1ccccc1C(C)OCC(O)CNC(C)(C)Cc1ccc2ccccc2c1. The summed E-state index contributed by atoms with van der Waals surface area (Å²) in [7, 11) is 1.40. The molecule has 3 rings (SSSR count). The molecule has 0 saturated heterocycles. The maximum absolute atomic E-state index is 11.5. The molecule has 3 aromatic rings. The molecular weight excluding hydrogens is 426 g/mol. The monoisotopic (exact) mass is 463 g/mol. The number of β-amino-alcohol motifs (C(OH)–C–C–N with tert-alkyl or cyclic N) is 1. The summed E-state index contributed by atoms with van der Waals surface area (Å²) in [6.07, 6.45) is 0.979. The van der Waals surface area contributed by atoms with E-state index in [-0.39, 0.29) is 24.2 Å². The average molecular weight is 464 g/mol. The summed E-state index contributed by atoms with van der Waals surface area (Å²) in [5.41, 5.74) is 3.18. The van der Waals surface area contributed by atoms with Crippen LogP contribution in [0.25, 0.3) is 10.8 Å². The van der Waals surface area contributed by atoms with Crippen LogP contribution < -0.4 is 5.32 Å². The number of rotatable bonds is 12. The number of fused-ring (bicyclic) bond motifs is 1. The maximum atomic E-state index is 11.5. The van der Waals surface area contributed by atoms with Gasteiger partial charge < -0.3 is 19.9 Å². The maximum Gasteiger partial charge on any atom is 0.305 e. The van der Waals surface area contributed by atoms with Gasteiger partial charge in [0.15, 0.2) is 0 Å². The molecule has 0 saturated carbocycles. The van der Waals surface area contributed by atoms with Gasteiger partial charge in [-0.05, 0) is 61.1 Å². The Bertz CT molecular complexity index is 1080. The number of ether oxygens (including phenoxy) is 2. The Kier molecular flexibility index (Phi) is 9.22. The number of benzene rings is 3. The first-order chi connectivity index (χ1) is 16.3. The van der Waals surface area contributed by atoms with Gasteiger partial charge in [-0.15, -0.1) is 0 Å². The molecule has 0 radical (unpaired) electrons. The molecule has 0 spiro atoms. The zero-order valence-electron chi connectivity index (χ0n) is 20.7. The van der Waals surface area contributed by atoms with Crippen LogP contribution >= 0.6 is 0 Å². The smallest absolute Gasteiger partial charge is 0.305 e. The van der Waals surface area contributed by atoms with E-state index in [9.17, 15) is 9.90 Å². The summed E-state index contributed by atoms with van der Waals surface area (Å²) in [6, 6.07) is 22.9. The Balaban J connectivity index is 1.48. The zero-order chi connectivity index (χ0) is 24.6. The number of carbonyl (C=O) groups is 1. The fourth-order valence-corrected chi connectivity index (χ4v) is 4.22. The van der Waals surface area contributed by atoms with E-state index in [1.165, 1.54) is 23.4 Å². The Morgan fingerprint density at radius 3 is 2.50 bits per heavy atom. The van der Waals surface area contributed by atoms with E-state index in [2.05, 4.69) is 61.6 Å². The van der Waals surface area contributed by atoms with Crippen molar-refractivity contribution in [1.82, 2.24) is 5.32 Å². The molecule has 182 valence electrons.